The molecular weight excluding hydrogens is 173 g/mol. The molecule has 0 aromatic carbocycles. The van der Waals surface area contributed by atoms with Gasteiger partial charge in [-0.25, -0.2) is 10.2 Å². The first-order valence-electron chi connectivity index (χ1n) is 2.53. The number of hydrogen-bond acceptors (Lipinski definition) is 6. The Balaban J connectivity index is 0. The molecule has 0 aliphatic heterocycles. The summed E-state index contributed by atoms with van der Waals surface area (Å²) in [5.41, 5.74) is 0. The molecule has 0 heterocycles. The molecule has 6 nitrogen and oxygen atoms in total. The number of aliphatic hydroxyl groups excluding tert-OH is 3. The molecule has 0 bridgehead atoms. The van der Waals surface area contributed by atoms with Crippen molar-refractivity contribution in [3.05, 3.63) is 0 Å². The quantitative estimate of drug-likeness (QED) is 0.257. The fraction of sp³-hybridized carbons (Fsp3) is 0.750. The van der Waals surface area contributed by atoms with Gasteiger partial charge in [-0.2, -0.15) is 0 Å². The lowest BCUT2D eigenvalue weighted by atomic mass is 11.6. The lowest BCUT2D eigenvalue weighted by Gasteiger charge is -2.05. The predicted octanol–water partition coefficient (Wildman–Crippen LogP) is -0.900. The molecule has 0 aromatic heterocycles. The number of isocyanates is 1. The molecule has 0 aliphatic carbocycles. The highest BCUT2D eigenvalue weighted by Gasteiger charge is 2.16. The predicted molar refractivity (Wildman–Crippen MR) is 37.3 cm³/mol. The first-order chi connectivity index (χ1) is 5.10. The first-order valence-corrected chi connectivity index (χ1v) is 4.80. The van der Waals surface area contributed by atoms with Crippen molar-refractivity contribution in [2.24, 2.45) is 0 Å². The van der Waals surface area contributed by atoms with Crippen molar-refractivity contribution in [3.63, 3.8) is 0 Å². The van der Waals surface area contributed by atoms with E-state index in [0.717, 1.165) is 6.08 Å². The molecule has 0 spiro atoms. The van der Waals surface area contributed by atoms with E-state index in [9.17, 15) is 4.57 Å². The number of carbonyl (C=O) groups excluding carboxylic acids is 1. The maximum absolute atomic E-state index is 10.6. The lowest BCUT2D eigenvalue weighted by Crippen LogP contribution is -1.97. The molecule has 0 atom stereocenters. The monoisotopic (exact) mass is 183 g/mol. The van der Waals surface area contributed by atoms with Gasteiger partial charge in [0.25, 0.3) is 0 Å². The molecule has 0 rings (SSSR count). The van der Waals surface area contributed by atoms with E-state index < -0.39 is 26.2 Å². The third kappa shape index (κ3) is 7.39. The van der Waals surface area contributed by atoms with Gasteiger partial charge in [-0.3, -0.25) is 0 Å². The second kappa shape index (κ2) is 7.60. The van der Waals surface area contributed by atoms with E-state index in [1.54, 1.807) is 0 Å². The SMILES string of the molecule is N=C=O.O=P(CO)(CO)CO. The average molecular weight is 183 g/mol. The van der Waals surface area contributed by atoms with Crippen LogP contribution < -0.4 is 0 Å². The standard InChI is InChI=1S/C3H9O4P.CHNO/c4-1-8(7,2-5)3-6;2-1-3/h4-6H,1-3H2;2H. The molecular formula is C4H10NO5P. The summed E-state index contributed by atoms with van der Waals surface area (Å²) in [5.74, 6) is 0. The van der Waals surface area contributed by atoms with E-state index in [2.05, 4.69) is 0 Å². The van der Waals surface area contributed by atoms with Gasteiger partial charge < -0.3 is 19.9 Å². The summed E-state index contributed by atoms with van der Waals surface area (Å²) in [5, 5.41) is 30.0. The van der Waals surface area contributed by atoms with Crippen molar-refractivity contribution < 1.29 is 24.7 Å². The van der Waals surface area contributed by atoms with Gasteiger partial charge in [0.05, 0.1) is 0 Å². The van der Waals surface area contributed by atoms with Gasteiger partial charge in [0.1, 0.15) is 19.0 Å². The molecule has 0 aromatic rings. The van der Waals surface area contributed by atoms with Crippen LogP contribution in [0, 0.1) is 5.41 Å². The van der Waals surface area contributed by atoms with Crippen LogP contribution in [0.3, 0.4) is 0 Å². The van der Waals surface area contributed by atoms with Gasteiger partial charge in [-0.1, -0.05) is 0 Å². The minimum Gasteiger partial charge on any atom is -0.388 e. The van der Waals surface area contributed by atoms with Crippen LogP contribution in [0.5, 0.6) is 0 Å². The van der Waals surface area contributed by atoms with E-state index in [0.29, 0.717) is 0 Å². The Morgan fingerprint density at radius 2 is 1.36 bits per heavy atom. The molecule has 11 heavy (non-hydrogen) atoms. The number of hydrogen-bond donors (Lipinski definition) is 4. The van der Waals surface area contributed by atoms with Gasteiger partial charge in [-0.05, 0) is 0 Å². The molecule has 7 heteroatoms. The fourth-order valence-electron chi connectivity index (χ4n) is 0.134. The summed E-state index contributed by atoms with van der Waals surface area (Å²) >= 11 is 0. The zero-order valence-corrected chi connectivity index (χ0v) is 6.62. The van der Waals surface area contributed by atoms with Crippen LogP contribution in [-0.4, -0.2) is 40.4 Å². The highest BCUT2D eigenvalue weighted by molar-refractivity contribution is 7.63. The Labute approximate surface area is 63.4 Å². The molecule has 0 saturated carbocycles. The highest BCUT2D eigenvalue weighted by atomic mass is 31.2. The summed E-state index contributed by atoms with van der Waals surface area (Å²) < 4.78 is 10.6. The summed E-state index contributed by atoms with van der Waals surface area (Å²) in [6, 6.07) is 0. The van der Waals surface area contributed by atoms with Crippen molar-refractivity contribution in [2.75, 3.05) is 19.0 Å². The number of aliphatic hydroxyl groups is 3. The van der Waals surface area contributed by atoms with Crippen molar-refractivity contribution in [3.8, 4) is 0 Å². The Hall–Kier alpha value is -0.510. The Kier molecular flexibility index (Phi) is 9.05. The van der Waals surface area contributed by atoms with Gasteiger partial charge in [-0.15, -0.1) is 0 Å². The Morgan fingerprint density at radius 1 is 1.18 bits per heavy atom. The number of rotatable bonds is 3. The van der Waals surface area contributed by atoms with Crippen molar-refractivity contribution >= 4 is 13.2 Å². The average Bonchev–Trinajstić information content (AvgIpc) is 2.05. The molecule has 0 saturated heterocycles. The zero-order valence-electron chi connectivity index (χ0n) is 5.73. The van der Waals surface area contributed by atoms with Crippen LogP contribution in [-0.2, 0) is 9.36 Å². The smallest absolute Gasteiger partial charge is 0.231 e. The topological polar surface area (TPSA) is 119 Å². The Morgan fingerprint density at radius 3 is 1.36 bits per heavy atom. The zero-order chi connectivity index (χ0) is 9.33. The van der Waals surface area contributed by atoms with Gasteiger partial charge in [0.2, 0.25) is 6.08 Å². The third-order valence-corrected chi connectivity index (χ3v) is 2.32. The normalized spacial score (nSPS) is 9.36. The third-order valence-electron chi connectivity index (χ3n) is 0.773. The van der Waals surface area contributed by atoms with Gasteiger partial charge in [0.15, 0.2) is 7.14 Å². The first kappa shape index (κ1) is 13.1. The second-order valence-electron chi connectivity index (χ2n) is 1.58. The highest BCUT2D eigenvalue weighted by Crippen LogP contribution is 2.40. The molecule has 4 N–H and O–H groups in total. The maximum atomic E-state index is 10.6. The largest absolute Gasteiger partial charge is 0.388 e. The van der Waals surface area contributed by atoms with Crippen LogP contribution in [0.2, 0.25) is 0 Å². The minimum atomic E-state index is -3.00. The molecule has 0 unspecified atom stereocenters. The van der Waals surface area contributed by atoms with Crippen molar-refractivity contribution in [1.29, 1.82) is 5.41 Å². The van der Waals surface area contributed by atoms with E-state index in [1.807, 2.05) is 0 Å². The van der Waals surface area contributed by atoms with Crippen LogP contribution >= 0.6 is 7.14 Å². The lowest BCUT2D eigenvalue weighted by molar-refractivity contribution is 0.297. The summed E-state index contributed by atoms with van der Waals surface area (Å²) in [4.78, 5) is 8.35. The van der Waals surface area contributed by atoms with Crippen molar-refractivity contribution in [1.82, 2.24) is 0 Å². The van der Waals surface area contributed by atoms with Crippen LogP contribution in [0.1, 0.15) is 0 Å². The van der Waals surface area contributed by atoms with Crippen LogP contribution in [0.25, 0.3) is 0 Å². The summed E-state index contributed by atoms with van der Waals surface area (Å²) in [7, 11) is -3.00. The molecule has 0 radical (unpaired) electrons. The molecule has 0 amide bonds. The van der Waals surface area contributed by atoms with Gasteiger partial charge >= 0.3 is 0 Å². The van der Waals surface area contributed by atoms with E-state index in [-0.39, 0.29) is 0 Å². The summed E-state index contributed by atoms with van der Waals surface area (Å²) in [6.07, 6.45) is -1.12. The van der Waals surface area contributed by atoms with Crippen molar-refractivity contribution in [2.45, 2.75) is 0 Å². The van der Waals surface area contributed by atoms with E-state index >= 15 is 0 Å². The van der Waals surface area contributed by atoms with Crippen LogP contribution in [0.15, 0.2) is 0 Å². The van der Waals surface area contributed by atoms with Crippen LogP contribution in [0.4, 0.5) is 0 Å². The molecule has 0 aliphatic rings. The van der Waals surface area contributed by atoms with Gasteiger partial charge in [0, 0.05) is 0 Å². The molecule has 0 fully saturated rings. The summed E-state index contributed by atoms with van der Waals surface area (Å²) in [6.45, 7) is 0. The molecule has 66 valence electrons. The number of nitrogens with one attached hydrogen (secondary N) is 1. The maximum Gasteiger partial charge on any atom is 0.231 e. The Bertz CT molecular complexity index is 145. The fourth-order valence-corrected chi connectivity index (χ4v) is 0.402. The second-order valence-corrected chi connectivity index (χ2v) is 4.55. The van der Waals surface area contributed by atoms with E-state index in [1.165, 1.54) is 0 Å². The minimum absolute atomic E-state index is 0.625. The van der Waals surface area contributed by atoms with E-state index in [4.69, 9.17) is 25.5 Å².